The molecule has 0 spiro atoms. The fourth-order valence-electron chi connectivity index (χ4n) is 7.82. The SMILES string of the molecule is CC1(C)CCC(C)(C)c2cc3c(cc21)-c1c2c(cc4scc(c14)N3c1cc(O)cc(Cl)c1)C(C)(C)CCC2(C)C. The van der Waals surface area contributed by atoms with Gasteiger partial charge in [0.1, 0.15) is 5.75 Å². The van der Waals surface area contributed by atoms with Gasteiger partial charge in [0.2, 0.25) is 0 Å². The molecule has 0 bridgehead atoms. The van der Waals surface area contributed by atoms with Crippen LogP contribution < -0.4 is 4.90 Å². The molecule has 1 N–H and O–H groups in total. The van der Waals surface area contributed by atoms with Crippen LogP contribution >= 0.6 is 22.9 Å². The van der Waals surface area contributed by atoms with Crippen molar-refractivity contribution in [3.63, 3.8) is 0 Å². The van der Waals surface area contributed by atoms with Crippen molar-refractivity contribution in [1.29, 1.82) is 0 Å². The van der Waals surface area contributed by atoms with Crippen LogP contribution in [0.3, 0.4) is 0 Å². The monoisotopic (exact) mass is 569 g/mol. The Hall–Kier alpha value is -2.49. The number of phenols is 1. The lowest BCUT2D eigenvalue weighted by Gasteiger charge is -2.46. The second-order valence-electron chi connectivity index (χ2n) is 15.1. The van der Waals surface area contributed by atoms with Crippen LogP contribution in [0.2, 0.25) is 5.02 Å². The van der Waals surface area contributed by atoms with E-state index < -0.39 is 0 Å². The molecular weight excluding hydrogens is 530 g/mol. The molecule has 1 aliphatic heterocycles. The molecule has 7 rings (SSSR count). The van der Waals surface area contributed by atoms with Gasteiger partial charge in [0, 0.05) is 32.1 Å². The molecule has 0 radical (unpaired) electrons. The predicted octanol–water partition coefficient (Wildman–Crippen LogP) is 11.4. The van der Waals surface area contributed by atoms with Crippen LogP contribution in [0.15, 0.2) is 41.8 Å². The van der Waals surface area contributed by atoms with Crippen LogP contribution in [-0.2, 0) is 21.7 Å². The Labute approximate surface area is 248 Å². The van der Waals surface area contributed by atoms with Gasteiger partial charge in [-0.2, -0.15) is 0 Å². The van der Waals surface area contributed by atoms with E-state index in [4.69, 9.17) is 11.6 Å². The summed E-state index contributed by atoms with van der Waals surface area (Å²) in [6.45, 7) is 19.4. The Kier molecular flexibility index (Phi) is 5.33. The third-order valence-corrected chi connectivity index (χ3v) is 11.6. The summed E-state index contributed by atoms with van der Waals surface area (Å²) in [6, 6.07) is 13.0. The van der Waals surface area contributed by atoms with Gasteiger partial charge in [-0.25, -0.2) is 0 Å². The summed E-state index contributed by atoms with van der Waals surface area (Å²) in [5.41, 5.74) is 12.4. The van der Waals surface area contributed by atoms with Gasteiger partial charge in [-0.05, 0) is 105 Å². The molecule has 0 fully saturated rings. The molecule has 4 heteroatoms. The maximum atomic E-state index is 10.6. The summed E-state index contributed by atoms with van der Waals surface area (Å²) in [5, 5.41) is 14.8. The molecule has 0 amide bonds. The third kappa shape index (κ3) is 3.59. The summed E-state index contributed by atoms with van der Waals surface area (Å²) < 4.78 is 1.34. The van der Waals surface area contributed by atoms with E-state index in [0.29, 0.717) is 5.02 Å². The van der Waals surface area contributed by atoms with Crippen LogP contribution in [0.5, 0.6) is 5.75 Å². The van der Waals surface area contributed by atoms with Gasteiger partial charge in [0.25, 0.3) is 0 Å². The van der Waals surface area contributed by atoms with E-state index in [1.165, 1.54) is 80.5 Å². The maximum Gasteiger partial charge on any atom is 0.119 e. The number of benzene rings is 3. The summed E-state index contributed by atoms with van der Waals surface area (Å²) in [4.78, 5) is 2.36. The Bertz CT molecular complexity index is 1720. The van der Waals surface area contributed by atoms with E-state index in [9.17, 15) is 5.11 Å². The van der Waals surface area contributed by atoms with Gasteiger partial charge in [0.05, 0.1) is 17.1 Å². The summed E-state index contributed by atoms with van der Waals surface area (Å²) in [6.07, 6.45) is 4.72. The number of nitrogens with zero attached hydrogens (tertiary/aromatic N) is 1. The first kappa shape index (κ1) is 26.4. The number of hydrogen-bond acceptors (Lipinski definition) is 3. The molecule has 2 heterocycles. The first-order chi connectivity index (χ1) is 18.6. The predicted molar refractivity (Wildman–Crippen MR) is 173 cm³/mol. The molecule has 0 saturated carbocycles. The summed E-state index contributed by atoms with van der Waals surface area (Å²) in [7, 11) is 0. The molecule has 3 aromatic carbocycles. The standard InChI is InChI=1S/C36H40ClNOS/c1-33(2)9-10-34(3,4)25-17-27-23(16-24(25)33)30-31-28(38(27)21-13-20(37)14-22(39)15-21)19-40-29(31)18-26-32(30)36(7,8)12-11-35(26,5)6/h13-19,39H,9-12H2,1-8H3. The highest BCUT2D eigenvalue weighted by molar-refractivity contribution is 7.18. The topological polar surface area (TPSA) is 23.5 Å². The van der Waals surface area contributed by atoms with Crippen molar-refractivity contribution in [2.24, 2.45) is 0 Å². The molecule has 2 aliphatic carbocycles. The van der Waals surface area contributed by atoms with Gasteiger partial charge in [-0.1, -0.05) is 67.0 Å². The maximum absolute atomic E-state index is 10.6. The fourth-order valence-corrected chi connectivity index (χ4v) is 9.02. The van der Waals surface area contributed by atoms with E-state index in [2.05, 4.69) is 83.9 Å². The first-order valence-electron chi connectivity index (χ1n) is 14.7. The van der Waals surface area contributed by atoms with Gasteiger partial charge in [-0.15, -0.1) is 11.3 Å². The number of phenolic OH excluding ortho intramolecular Hbond substituents is 1. The largest absolute Gasteiger partial charge is 0.508 e. The number of rotatable bonds is 1. The van der Waals surface area contributed by atoms with Crippen LogP contribution in [0.25, 0.3) is 21.2 Å². The van der Waals surface area contributed by atoms with E-state index in [-0.39, 0.29) is 27.4 Å². The highest BCUT2D eigenvalue weighted by Gasteiger charge is 2.44. The first-order valence-corrected chi connectivity index (χ1v) is 15.9. The Morgan fingerprint density at radius 2 is 1.30 bits per heavy atom. The molecule has 0 unspecified atom stereocenters. The average molecular weight is 570 g/mol. The molecule has 4 aromatic rings. The fraction of sp³-hybridized carbons (Fsp3) is 0.444. The minimum absolute atomic E-state index is 0.0754. The molecule has 208 valence electrons. The second kappa shape index (κ2) is 8.07. The molecule has 0 saturated heterocycles. The minimum Gasteiger partial charge on any atom is -0.508 e. The van der Waals surface area contributed by atoms with Gasteiger partial charge in [-0.3, -0.25) is 0 Å². The van der Waals surface area contributed by atoms with E-state index in [1.54, 1.807) is 6.07 Å². The molecule has 3 aliphatic rings. The van der Waals surface area contributed by atoms with Crippen molar-refractivity contribution in [2.75, 3.05) is 4.90 Å². The lowest BCUT2D eigenvalue weighted by atomic mass is 9.59. The zero-order valence-electron chi connectivity index (χ0n) is 25.1. The van der Waals surface area contributed by atoms with E-state index >= 15 is 0 Å². The quantitative estimate of drug-likeness (QED) is 0.217. The zero-order valence-corrected chi connectivity index (χ0v) is 26.6. The summed E-state index contributed by atoms with van der Waals surface area (Å²) in [5.74, 6) is 0.189. The Morgan fingerprint density at radius 3 is 1.95 bits per heavy atom. The lowest BCUT2D eigenvalue weighted by molar-refractivity contribution is 0.331. The van der Waals surface area contributed by atoms with Crippen molar-refractivity contribution in [2.45, 2.75) is 103 Å². The van der Waals surface area contributed by atoms with Crippen molar-refractivity contribution in [3.8, 4) is 16.9 Å². The molecular formula is C36H40ClNOS. The number of anilines is 3. The Balaban J connectivity index is 1.67. The zero-order chi connectivity index (χ0) is 28.6. The number of fused-ring (bicyclic) bond motifs is 5. The van der Waals surface area contributed by atoms with Crippen LogP contribution in [-0.4, -0.2) is 5.11 Å². The van der Waals surface area contributed by atoms with Gasteiger partial charge >= 0.3 is 0 Å². The van der Waals surface area contributed by atoms with Crippen LogP contribution in [0.1, 0.15) is 103 Å². The number of aromatic hydroxyl groups is 1. The van der Waals surface area contributed by atoms with Crippen molar-refractivity contribution >= 4 is 50.1 Å². The van der Waals surface area contributed by atoms with E-state index in [1.807, 2.05) is 23.5 Å². The molecule has 2 nitrogen and oxygen atoms in total. The normalized spacial score (nSPS) is 21.1. The van der Waals surface area contributed by atoms with Crippen molar-refractivity contribution < 1.29 is 5.11 Å². The molecule has 1 aromatic heterocycles. The Morgan fingerprint density at radius 1 is 0.700 bits per heavy atom. The van der Waals surface area contributed by atoms with Gasteiger partial charge < -0.3 is 10.0 Å². The van der Waals surface area contributed by atoms with Crippen LogP contribution in [0.4, 0.5) is 17.1 Å². The van der Waals surface area contributed by atoms with Crippen molar-refractivity contribution in [3.05, 3.63) is 69.1 Å². The average Bonchev–Trinajstić information content (AvgIpc) is 3.28. The van der Waals surface area contributed by atoms with Crippen molar-refractivity contribution in [1.82, 2.24) is 0 Å². The third-order valence-electron chi connectivity index (χ3n) is 10.5. The highest BCUT2D eigenvalue weighted by Crippen LogP contribution is 2.61. The highest BCUT2D eigenvalue weighted by atomic mass is 35.5. The number of thiophene rings is 1. The smallest absolute Gasteiger partial charge is 0.119 e. The number of hydrogen-bond donors (Lipinski definition) is 1. The summed E-state index contributed by atoms with van der Waals surface area (Å²) >= 11 is 8.39. The van der Waals surface area contributed by atoms with Gasteiger partial charge in [0.15, 0.2) is 0 Å². The molecule has 0 atom stereocenters. The lowest BCUT2D eigenvalue weighted by Crippen LogP contribution is -2.36. The molecule has 40 heavy (non-hydrogen) atoms. The van der Waals surface area contributed by atoms with Crippen LogP contribution in [0, 0.1) is 0 Å². The van der Waals surface area contributed by atoms with E-state index in [0.717, 1.165) is 5.69 Å². The minimum atomic E-state index is 0.0754. The number of halogens is 1. The second-order valence-corrected chi connectivity index (χ2v) is 16.5.